The summed E-state index contributed by atoms with van der Waals surface area (Å²) in [6.07, 6.45) is 10.7. The Hall–Kier alpha value is 0.870. The Labute approximate surface area is 118 Å². The Kier molecular flexibility index (Phi) is 33.7. The molecule has 0 radical (unpaired) electrons. The van der Waals surface area contributed by atoms with Crippen molar-refractivity contribution in [2.24, 2.45) is 5.92 Å². The molecule has 1 fully saturated rings. The monoisotopic (exact) mass is 378 g/mol. The van der Waals surface area contributed by atoms with E-state index in [4.69, 9.17) is 0 Å². The van der Waals surface area contributed by atoms with Gasteiger partial charge in [0.15, 0.2) is 0 Å². The van der Waals surface area contributed by atoms with Gasteiger partial charge in [0.25, 0.3) is 0 Å². The molecule has 1 heteroatoms. The maximum absolute atomic E-state index is 3.85. The Morgan fingerprint density at radius 3 is 1.67 bits per heavy atom. The van der Waals surface area contributed by atoms with Gasteiger partial charge >= 0.3 is 25.8 Å². The third kappa shape index (κ3) is 17.5. The minimum atomic E-state index is 0. The van der Waals surface area contributed by atoms with Crippen molar-refractivity contribution in [3.63, 3.8) is 0 Å². The summed E-state index contributed by atoms with van der Waals surface area (Å²) < 4.78 is 0. The van der Waals surface area contributed by atoms with E-state index in [1.54, 1.807) is 0 Å². The van der Waals surface area contributed by atoms with Gasteiger partial charge in [-0.1, -0.05) is 45.4 Å². The van der Waals surface area contributed by atoms with Crippen LogP contribution in [-0.2, 0) is 25.8 Å². The first-order valence-electron chi connectivity index (χ1n) is 5.43. The van der Waals surface area contributed by atoms with Crippen LogP contribution in [0.15, 0.2) is 0 Å². The summed E-state index contributed by atoms with van der Waals surface area (Å²) >= 11 is 0. The molecule has 0 heterocycles. The summed E-state index contributed by atoms with van der Waals surface area (Å²) in [5.41, 5.74) is 0. The first-order valence-corrected chi connectivity index (χ1v) is 5.43. The van der Waals surface area contributed by atoms with Crippen molar-refractivity contribution in [2.45, 2.75) is 58.3 Å². The maximum Gasteiger partial charge on any atom is 4.00 e. The standard InChI is InChI=1S/C8H15.C4H9.2CH3.Hf/c1-2-5-8-6-3-4-7-8;1-3-4-2;;;/h8H,1-7H2;1,3-4H2,2H3;2*1H3;/q4*-1;+4. The van der Waals surface area contributed by atoms with Gasteiger partial charge in [-0.25, -0.2) is 0 Å². The van der Waals surface area contributed by atoms with Gasteiger partial charge in [0, 0.05) is 0 Å². The molecule has 0 saturated heterocycles. The molecule has 1 aliphatic carbocycles. The molecule has 90 valence electrons. The van der Waals surface area contributed by atoms with Crippen LogP contribution in [0.25, 0.3) is 0 Å². The van der Waals surface area contributed by atoms with Crippen molar-refractivity contribution in [3.05, 3.63) is 28.7 Å². The quantitative estimate of drug-likeness (QED) is 0.462. The van der Waals surface area contributed by atoms with E-state index in [9.17, 15) is 0 Å². The van der Waals surface area contributed by atoms with E-state index >= 15 is 0 Å². The van der Waals surface area contributed by atoms with Crippen LogP contribution in [0.2, 0.25) is 0 Å². The zero-order valence-electron chi connectivity index (χ0n) is 11.1. The van der Waals surface area contributed by atoms with Crippen LogP contribution in [0.5, 0.6) is 0 Å². The number of rotatable bonds is 3. The third-order valence-corrected chi connectivity index (χ3v) is 2.44. The third-order valence-electron chi connectivity index (χ3n) is 2.44. The summed E-state index contributed by atoms with van der Waals surface area (Å²) in [4.78, 5) is 0. The van der Waals surface area contributed by atoms with Crippen LogP contribution < -0.4 is 0 Å². The van der Waals surface area contributed by atoms with Gasteiger partial charge in [-0.3, -0.25) is 0 Å². The van der Waals surface area contributed by atoms with Crippen molar-refractivity contribution in [1.82, 2.24) is 0 Å². The topological polar surface area (TPSA) is 0 Å². The fourth-order valence-electron chi connectivity index (χ4n) is 1.59. The van der Waals surface area contributed by atoms with Gasteiger partial charge in [-0.05, 0) is 5.92 Å². The van der Waals surface area contributed by atoms with Crippen molar-refractivity contribution in [3.8, 4) is 0 Å². The summed E-state index contributed by atoms with van der Waals surface area (Å²) in [6, 6.07) is 0. The largest absolute Gasteiger partial charge is 4.00 e. The average molecular weight is 377 g/mol. The Bertz CT molecular complexity index is 73.4. The summed E-state index contributed by atoms with van der Waals surface area (Å²) in [5, 5.41) is 0. The predicted octanol–water partition coefficient (Wildman–Crippen LogP) is 5.31. The van der Waals surface area contributed by atoms with Crippen LogP contribution in [-0.4, -0.2) is 0 Å². The van der Waals surface area contributed by atoms with E-state index in [0.29, 0.717) is 0 Å². The van der Waals surface area contributed by atoms with E-state index < -0.39 is 0 Å². The summed E-state index contributed by atoms with van der Waals surface area (Å²) in [6.45, 7) is 9.57. The molecule has 0 spiro atoms. The molecule has 0 amide bonds. The number of unbranched alkanes of at least 4 members (excludes halogenated alkanes) is 1. The van der Waals surface area contributed by atoms with Crippen LogP contribution >= 0.6 is 0 Å². The molecule has 1 rings (SSSR count). The SMILES string of the molecule is [CH2-]CCC.[CH2-]CCC1CCCC1.[CH3-].[CH3-].[Hf+4]. The molecule has 0 unspecified atom stereocenters. The second kappa shape index (κ2) is 20.3. The molecule has 0 bridgehead atoms. The van der Waals surface area contributed by atoms with E-state index in [2.05, 4.69) is 20.8 Å². The summed E-state index contributed by atoms with van der Waals surface area (Å²) in [7, 11) is 0. The fraction of sp³-hybridized carbons (Fsp3) is 0.714. The second-order valence-corrected chi connectivity index (χ2v) is 3.65. The molecule has 1 aliphatic rings. The minimum absolute atomic E-state index is 0. The Morgan fingerprint density at radius 1 is 1.00 bits per heavy atom. The van der Waals surface area contributed by atoms with Crippen LogP contribution in [0, 0.1) is 34.6 Å². The van der Waals surface area contributed by atoms with E-state index in [0.717, 1.165) is 18.8 Å². The maximum atomic E-state index is 3.85. The smallest absolute Gasteiger partial charge is 0.358 e. The minimum Gasteiger partial charge on any atom is -0.358 e. The molecular formula is C14H30Hf. The molecule has 0 aliphatic heterocycles. The average Bonchev–Trinajstić information content (AvgIpc) is 2.58. The van der Waals surface area contributed by atoms with Gasteiger partial charge in [0.1, 0.15) is 0 Å². The van der Waals surface area contributed by atoms with Crippen molar-refractivity contribution in [2.75, 3.05) is 0 Å². The van der Waals surface area contributed by atoms with Crippen molar-refractivity contribution < 1.29 is 25.8 Å². The van der Waals surface area contributed by atoms with Gasteiger partial charge in [0.2, 0.25) is 0 Å². The molecule has 15 heavy (non-hydrogen) atoms. The molecule has 1 saturated carbocycles. The first-order chi connectivity index (χ1) is 5.85. The molecule has 0 aromatic heterocycles. The van der Waals surface area contributed by atoms with Crippen molar-refractivity contribution in [1.29, 1.82) is 0 Å². The zero-order chi connectivity index (χ0) is 9.23. The second-order valence-electron chi connectivity index (χ2n) is 3.65. The molecule has 0 N–H and O–H groups in total. The normalized spacial score (nSPS) is 13.8. The van der Waals surface area contributed by atoms with E-state index in [1.165, 1.54) is 38.5 Å². The van der Waals surface area contributed by atoms with Crippen molar-refractivity contribution >= 4 is 0 Å². The van der Waals surface area contributed by atoms with Gasteiger partial charge < -0.3 is 28.7 Å². The Balaban J connectivity index is -0.0000000779. The number of hydrogen-bond donors (Lipinski definition) is 0. The zero-order valence-corrected chi connectivity index (χ0v) is 14.7. The van der Waals surface area contributed by atoms with E-state index in [1.807, 2.05) is 0 Å². The Morgan fingerprint density at radius 2 is 1.40 bits per heavy atom. The summed E-state index contributed by atoms with van der Waals surface area (Å²) in [5.74, 6) is 1.05. The van der Waals surface area contributed by atoms with E-state index in [-0.39, 0.29) is 40.7 Å². The van der Waals surface area contributed by atoms with Gasteiger partial charge in [0.05, 0.1) is 0 Å². The fourth-order valence-corrected chi connectivity index (χ4v) is 1.59. The predicted molar refractivity (Wildman–Crippen MR) is 69.6 cm³/mol. The molecular weight excluding hydrogens is 347 g/mol. The first kappa shape index (κ1) is 24.9. The molecule has 0 aromatic rings. The molecule has 0 nitrogen and oxygen atoms in total. The van der Waals surface area contributed by atoms with Crippen LogP contribution in [0.4, 0.5) is 0 Å². The molecule has 0 aromatic carbocycles. The molecule has 0 atom stereocenters. The van der Waals surface area contributed by atoms with Crippen LogP contribution in [0.1, 0.15) is 58.3 Å². The van der Waals surface area contributed by atoms with Gasteiger partial charge in [-0.15, -0.1) is 0 Å². The van der Waals surface area contributed by atoms with Gasteiger partial charge in [-0.2, -0.15) is 12.8 Å². The number of hydrogen-bond acceptors (Lipinski definition) is 0. The van der Waals surface area contributed by atoms with Crippen LogP contribution in [0.3, 0.4) is 0 Å².